The van der Waals surface area contributed by atoms with Crippen molar-refractivity contribution in [3.63, 3.8) is 0 Å². The Labute approximate surface area is 191 Å². The number of rotatable bonds is 8. The molecule has 2 aliphatic rings. The van der Waals surface area contributed by atoms with Crippen molar-refractivity contribution < 1.29 is 23.5 Å². The monoisotopic (exact) mass is 459 g/mol. The van der Waals surface area contributed by atoms with Crippen LogP contribution in [-0.2, 0) is 25.7 Å². The molecule has 1 saturated carbocycles. The number of thiophene rings is 1. The molecule has 2 fully saturated rings. The summed E-state index contributed by atoms with van der Waals surface area (Å²) in [6.45, 7) is 1.17. The van der Waals surface area contributed by atoms with E-state index in [0.29, 0.717) is 18.9 Å². The van der Waals surface area contributed by atoms with E-state index in [1.165, 1.54) is 22.5 Å². The van der Waals surface area contributed by atoms with Gasteiger partial charge in [0.05, 0.1) is 18.9 Å². The molecule has 0 aromatic carbocycles. The number of nitrogens with zero attached hydrogens (tertiary/aromatic N) is 1. The fourth-order valence-corrected chi connectivity index (χ4v) is 4.99. The molecule has 8 nitrogen and oxygen atoms in total. The number of carbonyl (C=O) groups excluding carboxylic acids is 3. The van der Waals surface area contributed by atoms with E-state index >= 15 is 0 Å². The van der Waals surface area contributed by atoms with Crippen molar-refractivity contribution in [2.24, 2.45) is 0 Å². The summed E-state index contributed by atoms with van der Waals surface area (Å²) in [5.74, 6) is -1.50. The molecule has 1 aliphatic carbocycles. The fraction of sp³-hybridized carbons (Fsp3) is 0.522. The number of amides is 3. The molecule has 4 rings (SSSR count). The maximum Gasteiger partial charge on any atom is 0.313 e. The lowest BCUT2D eigenvalue weighted by Crippen LogP contribution is -2.50. The lowest BCUT2D eigenvalue weighted by Gasteiger charge is -2.29. The van der Waals surface area contributed by atoms with Crippen molar-refractivity contribution in [3.05, 3.63) is 46.5 Å². The number of ether oxygens (including phenoxy) is 1. The van der Waals surface area contributed by atoms with Crippen LogP contribution in [0.25, 0.3) is 0 Å². The first kappa shape index (κ1) is 22.5. The Morgan fingerprint density at radius 3 is 2.62 bits per heavy atom. The van der Waals surface area contributed by atoms with Gasteiger partial charge in [0.2, 0.25) is 0 Å². The largest absolute Gasteiger partial charge is 0.467 e. The van der Waals surface area contributed by atoms with E-state index in [4.69, 9.17) is 9.15 Å². The summed E-state index contributed by atoms with van der Waals surface area (Å²) in [6.07, 6.45) is 7.09. The molecule has 2 atom stereocenters. The van der Waals surface area contributed by atoms with Crippen molar-refractivity contribution in [1.29, 1.82) is 0 Å². The molecule has 0 spiro atoms. The average Bonchev–Trinajstić information content (AvgIpc) is 3.59. The quantitative estimate of drug-likeness (QED) is 0.591. The second kappa shape index (κ2) is 10.8. The second-order valence-corrected chi connectivity index (χ2v) is 9.30. The summed E-state index contributed by atoms with van der Waals surface area (Å²) in [6, 6.07) is 6.02. The highest BCUT2D eigenvalue weighted by molar-refractivity contribution is 7.09. The minimum absolute atomic E-state index is 0.00504. The smallest absolute Gasteiger partial charge is 0.313 e. The molecule has 2 unspecified atom stereocenters. The standard InChI is InChI=1S/C23H29N3O5S/c27-21(24-14-17-8-3-11-30-17)20(19-10-4-12-31-19)26(15-18-9-5-13-32-18)23(29)22(28)25-16-6-1-2-7-16/h4-5,9-10,12-13,16-17,20H,1-3,6-8,11,14-15H2,(H,24,27)(H,25,28). The number of carbonyl (C=O) groups is 3. The summed E-state index contributed by atoms with van der Waals surface area (Å²) in [5.41, 5.74) is 0. The van der Waals surface area contributed by atoms with Crippen molar-refractivity contribution in [1.82, 2.24) is 15.5 Å². The molecular formula is C23H29N3O5S. The van der Waals surface area contributed by atoms with Crippen LogP contribution in [0.4, 0.5) is 0 Å². The molecule has 172 valence electrons. The van der Waals surface area contributed by atoms with Gasteiger partial charge in [-0.15, -0.1) is 11.3 Å². The van der Waals surface area contributed by atoms with Crippen molar-refractivity contribution in [2.75, 3.05) is 13.2 Å². The molecule has 1 aliphatic heterocycles. The van der Waals surface area contributed by atoms with Gasteiger partial charge in [0.15, 0.2) is 6.04 Å². The number of nitrogens with one attached hydrogen (secondary N) is 2. The van der Waals surface area contributed by atoms with Crippen LogP contribution in [0.15, 0.2) is 40.3 Å². The average molecular weight is 460 g/mol. The highest BCUT2D eigenvalue weighted by atomic mass is 32.1. The summed E-state index contributed by atoms with van der Waals surface area (Å²) in [4.78, 5) is 41.6. The van der Waals surface area contributed by atoms with Gasteiger partial charge in [-0.25, -0.2) is 0 Å². The van der Waals surface area contributed by atoms with Gasteiger partial charge in [-0.05, 0) is 49.3 Å². The van der Waals surface area contributed by atoms with Crippen LogP contribution in [0.2, 0.25) is 0 Å². The van der Waals surface area contributed by atoms with Crippen LogP contribution < -0.4 is 10.6 Å². The predicted molar refractivity (Wildman–Crippen MR) is 119 cm³/mol. The van der Waals surface area contributed by atoms with Gasteiger partial charge in [0.25, 0.3) is 5.91 Å². The Morgan fingerprint density at radius 1 is 1.12 bits per heavy atom. The third-order valence-electron chi connectivity index (χ3n) is 5.95. The van der Waals surface area contributed by atoms with E-state index in [2.05, 4.69) is 10.6 Å². The molecule has 0 radical (unpaired) electrons. The summed E-state index contributed by atoms with van der Waals surface area (Å²) in [5, 5.41) is 7.64. The summed E-state index contributed by atoms with van der Waals surface area (Å²) in [7, 11) is 0. The third kappa shape index (κ3) is 5.58. The Morgan fingerprint density at radius 2 is 1.97 bits per heavy atom. The van der Waals surface area contributed by atoms with E-state index in [-0.39, 0.29) is 18.7 Å². The van der Waals surface area contributed by atoms with Crippen LogP contribution in [0.5, 0.6) is 0 Å². The van der Waals surface area contributed by atoms with Gasteiger partial charge in [-0.1, -0.05) is 18.9 Å². The van der Waals surface area contributed by atoms with E-state index in [0.717, 1.165) is 43.4 Å². The first-order valence-electron chi connectivity index (χ1n) is 11.2. The molecule has 2 aromatic rings. The van der Waals surface area contributed by atoms with Gasteiger partial charge in [-0.3, -0.25) is 14.4 Å². The molecule has 3 heterocycles. The zero-order valence-corrected chi connectivity index (χ0v) is 18.8. The van der Waals surface area contributed by atoms with E-state index in [1.807, 2.05) is 17.5 Å². The first-order valence-corrected chi connectivity index (χ1v) is 12.1. The Balaban J connectivity index is 1.56. The topological polar surface area (TPSA) is 101 Å². The Kier molecular flexibility index (Phi) is 7.59. The molecule has 32 heavy (non-hydrogen) atoms. The van der Waals surface area contributed by atoms with Crippen LogP contribution in [0.3, 0.4) is 0 Å². The zero-order chi connectivity index (χ0) is 22.3. The number of furan rings is 1. The van der Waals surface area contributed by atoms with Gasteiger partial charge in [0, 0.05) is 24.1 Å². The van der Waals surface area contributed by atoms with Crippen LogP contribution in [-0.4, -0.2) is 47.9 Å². The molecule has 2 aromatic heterocycles. The predicted octanol–water partition coefficient (Wildman–Crippen LogP) is 2.77. The highest BCUT2D eigenvalue weighted by Gasteiger charge is 2.37. The Hall–Kier alpha value is -2.65. The summed E-state index contributed by atoms with van der Waals surface area (Å²) >= 11 is 1.47. The SMILES string of the molecule is O=C(NC1CCCC1)C(=O)N(Cc1cccs1)C(C(=O)NCC1CCCO1)c1ccco1. The van der Waals surface area contributed by atoms with E-state index in [9.17, 15) is 14.4 Å². The Bertz CT molecular complexity index is 887. The van der Waals surface area contributed by atoms with Crippen LogP contribution in [0, 0.1) is 0 Å². The normalized spacial score (nSPS) is 19.6. The lowest BCUT2D eigenvalue weighted by molar-refractivity contribution is -0.151. The first-order chi connectivity index (χ1) is 15.6. The van der Waals surface area contributed by atoms with Gasteiger partial charge in [-0.2, -0.15) is 0 Å². The van der Waals surface area contributed by atoms with Gasteiger partial charge in [0.1, 0.15) is 5.76 Å². The van der Waals surface area contributed by atoms with Gasteiger partial charge >= 0.3 is 11.8 Å². The molecule has 9 heteroatoms. The molecule has 3 amide bonds. The number of hydrogen-bond donors (Lipinski definition) is 2. The third-order valence-corrected chi connectivity index (χ3v) is 6.81. The van der Waals surface area contributed by atoms with Crippen molar-refractivity contribution >= 4 is 29.1 Å². The van der Waals surface area contributed by atoms with Gasteiger partial charge < -0.3 is 24.7 Å². The molecule has 0 bridgehead atoms. The van der Waals surface area contributed by atoms with Crippen LogP contribution >= 0.6 is 11.3 Å². The second-order valence-electron chi connectivity index (χ2n) is 8.27. The van der Waals surface area contributed by atoms with Crippen LogP contribution in [0.1, 0.15) is 55.2 Å². The van der Waals surface area contributed by atoms with E-state index < -0.39 is 23.8 Å². The molecule has 1 saturated heterocycles. The maximum absolute atomic E-state index is 13.3. The fourth-order valence-electron chi connectivity index (χ4n) is 4.29. The molecular weight excluding hydrogens is 430 g/mol. The van der Waals surface area contributed by atoms with Crippen molar-refractivity contribution in [3.8, 4) is 0 Å². The number of hydrogen-bond acceptors (Lipinski definition) is 6. The highest BCUT2D eigenvalue weighted by Crippen LogP contribution is 2.26. The molecule has 2 N–H and O–H groups in total. The summed E-state index contributed by atoms with van der Waals surface area (Å²) < 4.78 is 11.1. The lowest BCUT2D eigenvalue weighted by atomic mass is 10.1. The maximum atomic E-state index is 13.3. The minimum atomic E-state index is -1.06. The van der Waals surface area contributed by atoms with E-state index in [1.54, 1.807) is 12.1 Å². The zero-order valence-electron chi connectivity index (χ0n) is 18.0. The minimum Gasteiger partial charge on any atom is -0.467 e. The van der Waals surface area contributed by atoms with Crippen molar-refractivity contribution in [2.45, 2.75) is 63.3 Å².